The third kappa shape index (κ3) is 2.36. The van der Waals surface area contributed by atoms with Crippen LogP contribution in [-0.4, -0.2) is 37.3 Å². The summed E-state index contributed by atoms with van der Waals surface area (Å²) in [4.78, 5) is 17.7. The molecule has 6 nitrogen and oxygen atoms in total. The van der Waals surface area contributed by atoms with Gasteiger partial charge in [0, 0.05) is 51.4 Å². The minimum absolute atomic E-state index is 0.0862. The van der Waals surface area contributed by atoms with Crippen LogP contribution in [0.15, 0.2) is 23.3 Å². The second kappa shape index (κ2) is 5.16. The summed E-state index contributed by atoms with van der Waals surface area (Å²) in [5, 5.41) is 4.23. The molecular formula is C13H16FN5O. The monoisotopic (exact) mass is 277 g/mol. The quantitative estimate of drug-likeness (QED) is 0.785. The van der Waals surface area contributed by atoms with E-state index in [0.29, 0.717) is 31.6 Å². The van der Waals surface area contributed by atoms with Crippen LogP contribution in [0.1, 0.15) is 11.4 Å². The van der Waals surface area contributed by atoms with Crippen LogP contribution < -0.4 is 5.69 Å². The van der Waals surface area contributed by atoms with E-state index in [9.17, 15) is 9.18 Å². The molecule has 1 aliphatic heterocycles. The Labute approximate surface area is 115 Å². The second-order valence-electron chi connectivity index (χ2n) is 4.97. The van der Waals surface area contributed by atoms with Gasteiger partial charge in [-0.05, 0) is 6.07 Å². The number of fused-ring (bicyclic) bond motifs is 1. The summed E-state index contributed by atoms with van der Waals surface area (Å²) in [5.41, 5.74) is 0.546. The Morgan fingerprint density at radius 2 is 2.20 bits per heavy atom. The van der Waals surface area contributed by atoms with Crippen molar-refractivity contribution in [3.63, 3.8) is 0 Å². The summed E-state index contributed by atoms with van der Waals surface area (Å²) < 4.78 is 16.7. The Balaban J connectivity index is 1.74. The van der Waals surface area contributed by atoms with Crippen molar-refractivity contribution in [1.82, 2.24) is 24.2 Å². The molecule has 20 heavy (non-hydrogen) atoms. The Bertz CT molecular complexity index is 678. The highest BCUT2D eigenvalue weighted by molar-refractivity contribution is 5.12. The first kappa shape index (κ1) is 13.0. The van der Waals surface area contributed by atoms with Crippen LogP contribution in [-0.2, 0) is 26.6 Å². The zero-order valence-electron chi connectivity index (χ0n) is 11.3. The van der Waals surface area contributed by atoms with E-state index < -0.39 is 0 Å². The Hall–Kier alpha value is -2.02. The van der Waals surface area contributed by atoms with Gasteiger partial charge in [0.05, 0.1) is 6.20 Å². The van der Waals surface area contributed by atoms with Gasteiger partial charge in [-0.25, -0.2) is 13.9 Å². The molecule has 0 N–H and O–H groups in total. The van der Waals surface area contributed by atoms with Gasteiger partial charge in [-0.1, -0.05) is 0 Å². The number of aromatic nitrogens is 4. The molecule has 0 aromatic carbocycles. The van der Waals surface area contributed by atoms with Crippen molar-refractivity contribution in [2.24, 2.45) is 7.05 Å². The molecular weight excluding hydrogens is 261 g/mol. The summed E-state index contributed by atoms with van der Waals surface area (Å²) in [7, 11) is 1.66. The van der Waals surface area contributed by atoms with Crippen molar-refractivity contribution in [1.29, 1.82) is 0 Å². The van der Waals surface area contributed by atoms with Crippen LogP contribution in [0.3, 0.4) is 0 Å². The van der Waals surface area contributed by atoms with Gasteiger partial charge in [0.1, 0.15) is 11.6 Å². The molecule has 1 aliphatic rings. The molecule has 3 heterocycles. The summed E-state index contributed by atoms with van der Waals surface area (Å²) in [5.74, 6) is 0.514. The second-order valence-corrected chi connectivity index (χ2v) is 4.97. The SMILES string of the molecule is Cn1nc2n(c1=O)CCN(Cc1ccncc1F)CC2. The maximum Gasteiger partial charge on any atom is 0.345 e. The van der Waals surface area contributed by atoms with Crippen LogP contribution in [0.2, 0.25) is 0 Å². The summed E-state index contributed by atoms with van der Waals surface area (Å²) in [6.45, 7) is 2.59. The fraction of sp³-hybridized carbons (Fsp3) is 0.462. The molecule has 106 valence electrons. The molecule has 0 bridgehead atoms. The van der Waals surface area contributed by atoms with Crippen LogP contribution in [0.5, 0.6) is 0 Å². The molecule has 7 heteroatoms. The lowest BCUT2D eigenvalue weighted by Gasteiger charge is -2.19. The molecule has 0 saturated heterocycles. The van der Waals surface area contributed by atoms with Gasteiger partial charge in [0.15, 0.2) is 0 Å². The Kier molecular flexibility index (Phi) is 3.35. The molecule has 0 saturated carbocycles. The minimum Gasteiger partial charge on any atom is -0.297 e. The van der Waals surface area contributed by atoms with Crippen molar-refractivity contribution in [3.05, 3.63) is 46.1 Å². The summed E-state index contributed by atoms with van der Waals surface area (Å²) in [6.07, 6.45) is 3.52. The maximum absolute atomic E-state index is 13.6. The van der Waals surface area contributed by atoms with Crippen molar-refractivity contribution < 1.29 is 4.39 Å². The predicted octanol–water partition coefficient (Wildman–Crippen LogP) is 0.174. The van der Waals surface area contributed by atoms with Crippen LogP contribution in [0, 0.1) is 5.82 Å². The number of nitrogens with zero attached hydrogens (tertiary/aromatic N) is 5. The van der Waals surface area contributed by atoms with Gasteiger partial charge in [-0.15, -0.1) is 0 Å². The molecule has 0 atom stereocenters. The summed E-state index contributed by atoms with van der Waals surface area (Å²) >= 11 is 0. The zero-order chi connectivity index (χ0) is 14.1. The fourth-order valence-electron chi connectivity index (χ4n) is 2.51. The maximum atomic E-state index is 13.6. The number of halogens is 1. The van der Waals surface area contributed by atoms with Gasteiger partial charge in [-0.3, -0.25) is 14.5 Å². The van der Waals surface area contributed by atoms with Gasteiger partial charge in [0.25, 0.3) is 0 Å². The van der Waals surface area contributed by atoms with Crippen LogP contribution in [0.25, 0.3) is 0 Å². The lowest BCUT2D eigenvalue weighted by molar-refractivity contribution is 0.266. The van der Waals surface area contributed by atoms with Crippen molar-refractivity contribution in [2.45, 2.75) is 19.5 Å². The number of aryl methyl sites for hydroxylation is 1. The van der Waals surface area contributed by atoms with E-state index in [1.165, 1.54) is 10.9 Å². The van der Waals surface area contributed by atoms with E-state index in [1.807, 2.05) is 0 Å². The van der Waals surface area contributed by atoms with Crippen molar-refractivity contribution >= 4 is 0 Å². The van der Waals surface area contributed by atoms with Gasteiger partial charge in [-0.2, -0.15) is 5.10 Å². The van der Waals surface area contributed by atoms with Crippen molar-refractivity contribution in [3.8, 4) is 0 Å². The van der Waals surface area contributed by atoms with Crippen LogP contribution in [0.4, 0.5) is 4.39 Å². The van der Waals surface area contributed by atoms with E-state index in [2.05, 4.69) is 15.0 Å². The highest BCUT2D eigenvalue weighted by Gasteiger charge is 2.19. The largest absolute Gasteiger partial charge is 0.345 e. The lowest BCUT2D eigenvalue weighted by atomic mass is 10.2. The Morgan fingerprint density at radius 3 is 3.00 bits per heavy atom. The molecule has 2 aromatic rings. The first-order valence-corrected chi connectivity index (χ1v) is 6.58. The lowest BCUT2D eigenvalue weighted by Crippen LogP contribution is -2.30. The first-order chi connectivity index (χ1) is 9.65. The van der Waals surface area contributed by atoms with Gasteiger partial charge in [0.2, 0.25) is 0 Å². The molecule has 0 fully saturated rings. The Morgan fingerprint density at radius 1 is 1.35 bits per heavy atom. The number of hydrogen-bond acceptors (Lipinski definition) is 4. The van der Waals surface area contributed by atoms with E-state index in [-0.39, 0.29) is 11.5 Å². The molecule has 3 rings (SSSR count). The summed E-state index contributed by atoms with van der Waals surface area (Å²) in [6, 6.07) is 1.69. The number of rotatable bonds is 2. The van der Waals surface area contributed by atoms with E-state index in [1.54, 1.807) is 23.9 Å². The third-order valence-corrected chi connectivity index (χ3v) is 3.63. The van der Waals surface area contributed by atoms with E-state index in [4.69, 9.17) is 0 Å². The molecule has 0 unspecified atom stereocenters. The smallest absolute Gasteiger partial charge is 0.297 e. The van der Waals surface area contributed by atoms with Gasteiger partial charge < -0.3 is 0 Å². The predicted molar refractivity (Wildman–Crippen MR) is 70.6 cm³/mol. The molecule has 0 radical (unpaired) electrons. The minimum atomic E-state index is -0.287. The zero-order valence-corrected chi connectivity index (χ0v) is 11.3. The number of pyridine rings is 1. The highest BCUT2D eigenvalue weighted by atomic mass is 19.1. The van der Waals surface area contributed by atoms with E-state index >= 15 is 0 Å². The molecule has 2 aromatic heterocycles. The molecule has 0 spiro atoms. The first-order valence-electron chi connectivity index (χ1n) is 6.58. The molecule has 0 amide bonds. The van der Waals surface area contributed by atoms with Crippen molar-refractivity contribution in [2.75, 3.05) is 13.1 Å². The average molecular weight is 277 g/mol. The topological polar surface area (TPSA) is 56.0 Å². The average Bonchev–Trinajstić information content (AvgIpc) is 2.61. The third-order valence-electron chi connectivity index (χ3n) is 3.63. The number of hydrogen-bond donors (Lipinski definition) is 0. The van der Waals surface area contributed by atoms with Gasteiger partial charge >= 0.3 is 5.69 Å². The van der Waals surface area contributed by atoms with Crippen LogP contribution >= 0.6 is 0 Å². The van der Waals surface area contributed by atoms with E-state index in [0.717, 1.165) is 12.4 Å². The standard InChI is InChI=1S/C13H16FN5O/c1-17-13(20)19-7-6-18(5-3-12(19)16-17)9-10-2-4-15-8-11(10)14/h2,4,8H,3,5-7,9H2,1H3. The highest BCUT2D eigenvalue weighted by Crippen LogP contribution is 2.11. The molecule has 0 aliphatic carbocycles. The normalized spacial score (nSPS) is 15.9. The fourth-order valence-corrected chi connectivity index (χ4v) is 2.51.